The van der Waals surface area contributed by atoms with Gasteiger partial charge in [-0.2, -0.15) is 0 Å². The number of rotatable bonds is 3. The van der Waals surface area contributed by atoms with Gasteiger partial charge in [0.2, 0.25) is 0 Å². The first-order valence-corrected chi connectivity index (χ1v) is 5.66. The molecule has 0 spiro atoms. The smallest absolute Gasteiger partial charge is 0.328 e. The summed E-state index contributed by atoms with van der Waals surface area (Å²) in [7, 11) is 1.28. The van der Waals surface area contributed by atoms with E-state index in [-0.39, 0.29) is 0 Å². The van der Waals surface area contributed by atoms with Crippen molar-refractivity contribution in [1.82, 2.24) is 5.32 Å². The van der Waals surface area contributed by atoms with E-state index >= 15 is 0 Å². The number of anilines is 1. The summed E-state index contributed by atoms with van der Waals surface area (Å²) in [5.74, 6) is -0.481. The van der Waals surface area contributed by atoms with Crippen molar-refractivity contribution in [3.63, 3.8) is 0 Å². The molecular weight excluding hydrogens is 232 g/mol. The van der Waals surface area contributed by atoms with E-state index in [4.69, 9.17) is 0 Å². The Morgan fingerprint density at radius 3 is 2.50 bits per heavy atom. The summed E-state index contributed by atoms with van der Waals surface area (Å²) < 4.78 is 4.52. The number of carbonyl (C=O) groups is 2. The first kappa shape index (κ1) is 14.0. The Kier molecular flexibility index (Phi) is 4.71. The van der Waals surface area contributed by atoms with Crippen molar-refractivity contribution in [3.05, 3.63) is 29.3 Å². The third-order valence-electron chi connectivity index (χ3n) is 2.53. The minimum atomic E-state index is -0.680. The number of amides is 2. The second-order valence-electron chi connectivity index (χ2n) is 4.16. The van der Waals surface area contributed by atoms with Crippen molar-refractivity contribution in [2.24, 2.45) is 0 Å². The Bertz CT molecular complexity index is 458. The molecule has 0 saturated carbocycles. The molecule has 1 rings (SSSR count). The Balaban J connectivity index is 2.62. The Hall–Kier alpha value is -2.04. The molecule has 0 radical (unpaired) electrons. The minimum absolute atomic E-state index is 0.431. The van der Waals surface area contributed by atoms with Crippen LogP contribution < -0.4 is 10.6 Å². The highest BCUT2D eigenvalue weighted by molar-refractivity contribution is 5.93. The van der Waals surface area contributed by atoms with Crippen molar-refractivity contribution < 1.29 is 14.3 Å². The Morgan fingerprint density at radius 1 is 1.28 bits per heavy atom. The molecule has 2 amide bonds. The predicted molar refractivity (Wildman–Crippen MR) is 69.5 cm³/mol. The molecule has 5 heteroatoms. The molecule has 18 heavy (non-hydrogen) atoms. The molecule has 0 aliphatic heterocycles. The van der Waals surface area contributed by atoms with Crippen LogP contribution in [0, 0.1) is 13.8 Å². The lowest BCUT2D eigenvalue weighted by Crippen LogP contribution is -2.41. The van der Waals surface area contributed by atoms with E-state index in [1.807, 2.05) is 32.0 Å². The molecule has 1 aromatic carbocycles. The molecule has 2 N–H and O–H groups in total. The van der Waals surface area contributed by atoms with Gasteiger partial charge in [0, 0.05) is 5.69 Å². The average Bonchev–Trinajstić information content (AvgIpc) is 2.31. The van der Waals surface area contributed by atoms with E-state index in [9.17, 15) is 9.59 Å². The molecule has 1 aromatic rings. The van der Waals surface area contributed by atoms with Crippen LogP contribution in [0.5, 0.6) is 0 Å². The number of benzene rings is 1. The molecule has 0 bridgehead atoms. The number of urea groups is 1. The number of hydrogen-bond donors (Lipinski definition) is 2. The van der Waals surface area contributed by atoms with Gasteiger partial charge in [-0.15, -0.1) is 0 Å². The molecule has 0 heterocycles. The van der Waals surface area contributed by atoms with E-state index < -0.39 is 18.0 Å². The predicted octanol–water partition coefficient (Wildman–Crippen LogP) is 1.99. The van der Waals surface area contributed by atoms with E-state index in [0.29, 0.717) is 0 Å². The van der Waals surface area contributed by atoms with Crippen molar-refractivity contribution in [1.29, 1.82) is 0 Å². The maximum absolute atomic E-state index is 11.7. The van der Waals surface area contributed by atoms with Crippen molar-refractivity contribution >= 4 is 17.7 Å². The summed E-state index contributed by atoms with van der Waals surface area (Å²) in [5.41, 5.74) is 2.81. The van der Waals surface area contributed by atoms with Gasteiger partial charge in [-0.1, -0.05) is 17.7 Å². The topological polar surface area (TPSA) is 67.4 Å². The monoisotopic (exact) mass is 250 g/mol. The molecule has 0 unspecified atom stereocenters. The van der Waals surface area contributed by atoms with Gasteiger partial charge >= 0.3 is 12.0 Å². The number of aryl methyl sites for hydroxylation is 2. The fourth-order valence-corrected chi connectivity index (χ4v) is 1.54. The molecule has 0 aromatic heterocycles. The van der Waals surface area contributed by atoms with Crippen molar-refractivity contribution in [3.8, 4) is 0 Å². The van der Waals surface area contributed by atoms with Crippen molar-refractivity contribution in [2.75, 3.05) is 12.4 Å². The first-order chi connectivity index (χ1) is 8.43. The van der Waals surface area contributed by atoms with Crippen LogP contribution in [0.2, 0.25) is 0 Å². The lowest BCUT2D eigenvalue weighted by molar-refractivity contribution is -0.142. The third kappa shape index (κ3) is 3.76. The van der Waals surface area contributed by atoms with Crippen LogP contribution in [-0.2, 0) is 9.53 Å². The van der Waals surface area contributed by atoms with E-state index in [1.165, 1.54) is 7.11 Å². The number of carbonyl (C=O) groups excluding carboxylic acids is 2. The quantitative estimate of drug-likeness (QED) is 0.806. The SMILES string of the molecule is COC(=O)[C@@H](C)NC(=O)Nc1ccc(C)cc1C. The summed E-state index contributed by atoms with van der Waals surface area (Å²) in [6, 6.07) is 4.60. The van der Waals surface area contributed by atoms with E-state index in [2.05, 4.69) is 15.4 Å². The summed E-state index contributed by atoms with van der Waals surface area (Å²) >= 11 is 0. The normalized spacial score (nSPS) is 11.6. The van der Waals surface area contributed by atoms with Crippen LogP contribution >= 0.6 is 0 Å². The average molecular weight is 250 g/mol. The number of methoxy groups -OCH3 is 1. The summed E-state index contributed by atoms with van der Waals surface area (Å²) in [5, 5.41) is 5.19. The summed E-state index contributed by atoms with van der Waals surface area (Å²) in [4.78, 5) is 22.8. The van der Waals surface area contributed by atoms with E-state index in [1.54, 1.807) is 6.92 Å². The zero-order valence-electron chi connectivity index (χ0n) is 11.0. The summed E-state index contributed by atoms with van der Waals surface area (Å²) in [6.07, 6.45) is 0. The van der Waals surface area contributed by atoms with Crippen molar-refractivity contribution in [2.45, 2.75) is 26.8 Å². The van der Waals surface area contributed by atoms with Gasteiger partial charge in [-0.3, -0.25) is 0 Å². The molecule has 0 saturated heterocycles. The highest BCUT2D eigenvalue weighted by atomic mass is 16.5. The molecule has 0 aliphatic rings. The van der Waals surface area contributed by atoms with Crippen LogP contribution in [-0.4, -0.2) is 25.2 Å². The molecular formula is C13H18N2O3. The highest BCUT2D eigenvalue weighted by Crippen LogP contribution is 2.15. The standard InChI is InChI=1S/C13H18N2O3/c1-8-5-6-11(9(2)7-8)15-13(17)14-10(3)12(16)18-4/h5-7,10H,1-4H3,(H2,14,15,17)/t10-/m1/s1. The van der Waals surface area contributed by atoms with Gasteiger partial charge in [-0.25, -0.2) is 9.59 Å². The first-order valence-electron chi connectivity index (χ1n) is 5.66. The number of hydrogen-bond acceptors (Lipinski definition) is 3. The lowest BCUT2D eigenvalue weighted by Gasteiger charge is -2.14. The van der Waals surface area contributed by atoms with Gasteiger partial charge in [0.05, 0.1) is 7.11 Å². The zero-order chi connectivity index (χ0) is 13.7. The fourth-order valence-electron chi connectivity index (χ4n) is 1.54. The zero-order valence-corrected chi connectivity index (χ0v) is 11.0. The second kappa shape index (κ2) is 6.05. The van der Waals surface area contributed by atoms with Gasteiger partial charge in [0.1, 0.15) is 6.04 Å². The number of ether oxygens (including phenoxy) is 1. The van der Waals surface area contributed by atoms with Gasteiger partial charge in [0.25, 0.3) is 0 Å². The summed E-state index contributed by atoms with van der Waals surface area (Å²) in [6.45, 7) is 5.45. The largest absolute Gasteiger partial charge is 0.467 e. The fraction of sp³-hybridized carbons (Fsp3) is 0.385. The van der Waals surface area contributed by atoms with Crippen LogP contribution in [0.1, 0.15) is 18.1 Å². The maximum Gasteiger partial charge on any atom is 0.328 e. The molecule has 0 fully saturated rings. The maximum atomic E-state index is 11.7. The molecule has 1 atom stereocenters. The molecule has 0 aliphatic carbocycles. The molecule has 5 nitrogen and oxygen atoms in total. The van der Waals surface area contributed by atoms with E-state index in [0.717, 1.165) is 16.8 Å². The van der Waals surface area contributed by atoms with Gasteiger partial charge < -0.3 is 15.4 Å². The second-order valence-corrected chi connectivity index (χ2v) is 4.16. The Morgan fingerprint density at radius 2 is 1.94 bits per heavy atom. The van der Waals surface area contributed by atoms with Gasteiger partial charge in [-0.05, 0) is 32.4 Å². The third-order valence-corrected chi connectivity index (χ3v) is 2.53. The lowest BCUT2D eigenvalue weighted by atomic mass is 10.1. The minimum Gasteiger partial charge on any atom is -0.467 e. The van der Waals surface area contributed by atoms with Crippen LogP contribution in [0.4, 0.5) is 10.5 Å². The van der Waals surface area contributed by atoms with Crippen LogP contribution in [0.15, 0.2) is 18.2 Å². The number of nitrogens with one attached hydrogen (secondary N) is 2. The number of esters is 1. The van der Waals surface area contributed by atoms with Crippen LogP contribution in [0.3, 0.4) is 0 Å². The van der Waals surface area contributed by atoms with Crippen LogP contribution in [0.25, 0.3) is 0 Å². The van der Waals surface area contributed by atoms with Gasteiger partial charge in [0.15, 0.2) is 0 Å². The molecule has 98 valence electrons. The Labute approximate surface area is 107 Å². The highest BCUT2D eigenvalue weighted by Gasteiger charge is 2.15.